The molecule has 1 aromatic heterocycles. The van der Waals surface area contributed by atoms with Crippen LogP contribution in [0.5, 0.6) is 0 Å². The first-order valence-electron chi connectivity index (χ1n) is 4.63. The molecule has 0 fully saturated rings. The van der Waals surface area contributed by atoms with Gasteiger partial charge in [-0.2, -0.15) is 0 Å². The van der Waals surface area contributed by atoms with E-state index in [-0.39, 0.29) is 10.8 Å². The van der Waals surface area contributed by atoms with Crippen LogP contribution in [0.25, 0.3) is 0 Å². The summed E-state index contributed by atoms with van der Waals surface area (Å²) in [5.74, 6) is -0.551. The molecule has 2 N–H and O–H groups in total. The molecule has 5 heteroatoms. The van der Waals surface area contributed by atoms with Crippen LogP contribution in [0.1, 0.15) is 23.0 Å². The number of anilines is 1. The Labute approximate surface area is 99.1 Å². The molecule has 1 rings (SSSR count). The Morgan fingerprint density at radius 3 is 2.81 bits per heavy atom. The molecule has 1 heterocycles. The van der Waals surface area contributed by atoms with E-state index < -0.39 is 5.97 Å². The van der Waals surface area contributed by atoms with E-state index in [1.165, 1.54) is 13.2 Å². The molecular formula is C11H13ClN2O2. The van der Waals surface area contributed by atoms with Gasteiger partial charge in [-0.1, -0.05) is 23.8 Å². The van der Waals surface area contributed by atoms with E-state index in [0.29, 0.717) is 17.7 Å². The van der Waals surface area contributed by atoms with Gasteiger partial charge in [0.1, 0.15) is 5.15 Å². The fourth-order valence-electron chi connectivity index (χ4n) is 1.31. The molecule has 0 atom stereocenters. The number of nitrogen functional groups attached to an aromatic ring is 1. The van der Waals surface area contributed by atoms with Crippen LogP contribution in [0.2, 0.25) is 5.15 Å². The van der Waals surface area contributed by atoms with Crippen molar-refractivity contribution in [2.24, 2.45) is 0 Å². The van der Waals surface area contributed by atoms with Gasteiger partial charge < -0.3 is 10.5 Å². The first-order chi connectivity index (χ1) is 7.45. The van der Waals surface area contributed by atoms with Crippen molar-refractivity contribution in [2.75, 3.05) is 12.8 Å². The highest BCUT2D eigenvalue weighted by atomic mass is 35.5. The number of ether oxygens (including phenoxy) is 1. The standard InChI is InChI=1S/C11H13ClN2O2/c1-6(2)4-7-8(13)5-9(12)14-10(7)11(15)16-3/h5H,1,4H2,2-3H3,(H2,13,14). The SMILES string of the molecule is C=C(C)Cc1c(N)cc(Cl)nc1C(=O)OC. The van der Waals surface area contributed by atoms with Crippen molar-refractivity contribution in [3.8, 4) is 0 Å². The molecule has 0 aliphatic heterocycles. The minimum atomic E-state index is -0.551. The lowest BCUT2D eigenvalue weighted by molar-refractivity contribution is 0.0593. The quantitative estimate of drug-likeness (QED) is 0.500. The number of esters is 1. The van der Waals surface area contributed by atoms with Gasteiger partial charge in [0.25, 0.3) is 0 Å². The summed E-state index contributed by atoms with van der Waals surface area (Å²) < 4.78 is 4.62. The van der Waals surface area contributed by atoms with Gasteiger partial charge in [-0.25, -0.2) is 9.78 Å². The van der Waals surface area contributed by atoms with Gasteiger partial charge in [0.2, 0.25) is 0 Å². The Kier molecular flexibility index (Phi) is 3.90. The molecule has 16 heavy (non-hydrogen) atoms. The van der Waals surface area contributed by atoms with Crippen LogP contribution in [-0.2, 0) is 11.2 Å². The number of halogens is 1. The monoisotopic (exact) mass is 240 g/mol. The highest BCUT2D eigenvalue weighted by molar-refractivity contribution is 6.29. The number of pyridine rings is 1. The maximum absolute atomic E-state index is 11.5. The van der Waals surface area contributed by atoms with Gasteiger partial charge in [0.15, 0.2) is 5.69 Å². The van der Waals surface area contributed by atoms with Crippen LogP contribution in [0, 0.1) is 0 Å². The zero-order chi connectivity index (χ0) is 12.3. The zero-order valence-corrected chi connectivity index (χ0v) is 9.97. The number of methoxy groups -OCH3 is 1. The highest BCUT2D eigenvalue weighted by Crippen LogP contribution is 2.22. The van der Waals surface area contributed by atoms with E-state index in [0.717, 1.165) is 5.57 Å². The van der Waals surface area contributed by atoms with Gasteiger partial charge in [-0.05, 0) is 19.4 Å². The largest absolute Gasteiger partial charge is 0.464 e. The molecular weight excluding hydrogens is 228 g/mol. The van der Waals surface area contributed by atoms with E-state index in [2.05, 4.69) is 16.3 Å². The molecule has 1 aromatic rings. The first kappa shape index (κ1) is 12.5. The number of carbonyl (C=O) groups is 1. The second-order valence-corrected chi connectivity index (χ2v) is 3.87. The summed E-state index contributed by atoms with van der Waals surface area (Å²) in [6.45, 7) is 5.61. The maximum Gasteiger partial charge on any atom is 0.357 e. The smallest absolute Gasteiger partial charge is 0.357 e. The second kappa shape index (κ2) is 4.99. The molecule has 86 valence electrons. The van der Waals surface area contributed by atoms with Crippen LogP contribution in [-0.4, -0.2) is 18.1 Å². The highest BCUT2D eigenvalue weighted by Gasteiger charge is 2.17. The Morgan fingerprint density at radius 2 is 2.31 bits per heavy atom. The van der Waals surface area contributed by atoms with Crippen LogP contribution in [0.4, 0.5) is 5.69 Å². The molecule has 0 spiro atoms. The maximum atomic E-state index is 11.5. The zero-order valence-electron chi connectivity index (χ0n) is 9.21. The number of allylic oxidation sites excluding steroid dienone is 1. The molecule has 4 nitrogen and oxygen atoms in total. The van der Waals surface area contributed by atoms with Crippen molar-refractivity contribution in [3.05, 3.63) is 34.6 Å². The minimum Gasteiger partial charge on any atom is -0.464 e. The van der Waals surface area contributed by atoms with Crippen molar-refractivity contribution >= 4 is 23.3 Å². The Hall–Kier alpha value is -1.55. The van der Waals surface area contributed by atoms with Gasteiger partial charge in [0.05, 0.1) is 7.11 Å². The number of rotatable bonds is 3. The summed E-state index contributed by atoms with van der Waals surface area (Å²) >= 11 is 5.74. The number of aromatic nitrogens is 1. The molecule has 0 aliphatic rings. The van der Waals surface area contributed by atoms with Gasteiger partial charge >= 0.3 is 5.97 Å². The minimum absolute atomic E-state index is 0.149. The molecule has 0 bridgehead atoms. The Balaban J connectivity index is 3.31. The van der Waals surface area contributed by atoms with Crippen LogP contribution >= 0.6 is 11.6 Å². The number of nitrogens with zero attached hydrogens (tertiary/aromatic N) is 1. The van der Waals surface area contributed by atoms with E-state index >= 15 is 0 Å². The second-order valence-electron chi connectivity index (χ2n) is 3.49. The van der Waals surface area contributed by atoms with Gasteiger partial charge in [-0.3, -0.25) is 0 Å². The van der Waals surface area contributed by atoms with Gasteiger partial charge in [-0.15, -0.1) is 0 Å². The lowest BCUT2D eigenvalue weighted by Gasteiger charge is -2.10. The van der Waals surface area contributed by atoms with E-state index in [1.807, 2.05) is 6.92 Å². The van der Waals surface area contributed by atoms with Crippen LogP contribution in [0.3, 0.4) is 0 Å². The third-order valence-electron chi connectivity index (χ3n) is 1.98. The van der Waals surface area contributed by atoms with Crippen molar-refractivity contribution in [1.82, 2.24) is 4.98 Å². The summed E-state index contributed by atoms with van der Waals surface area (Å²) in [6, 6.07) is 1.51. The third kappa shape index (κ3) is 2.73. The average Bonchev–Trinajstić information content (AvgIpc) is 2.20. The van der Waals surface area contributed by atoms with Crippen molar-refractivity contribution in [1.29, 1.82) is 0 Å². The normalized spacial score (nSPS) is 9.94. The summed E-state index contributed by atoms with van der Waals surface area (Å²) in [6.07, 6.45) is 0.473. The van der Waals surface area contributed by atoms with Gasteiger partial charge in [0, 0.05) is 11.3 Å². The molecule has 0 aromatic carbocycles. The Bertz CT molecular complexity index is 444. The van der Waals surface area contributed by atoms with Crippen LogP contribution in [0.15, 0.2) is 18.2 Å². The van der Waals surface area contributed by atoms with E-state index in [4.69, 9.17) is 17.3 Å². The number of hydrogen-bond acceptors (Lipinski definition) is 4. The fraction of sp³-hybridized carbons (Fsp3) is 0.273. The van der Waals surface area contributed by atoms with E-state index in [9.17, 15) is 4.79 Å². The Morgan fingerprint density at radius 1 is 1.69 bits per heavy atom. The van der Waals surface area contributed by atoms with Crippen molar-refractivity contribution in [2.45, 2.75) is 13.3 Å². The molecule has 0 radical (unpaired) electrons. The first-order valence-corrected chi connectivity index (χ1v) is 5.01. The predicted molar refractivity (Wildman–Crippen MR) is 63.5 cm³/mol. The summed E-state index contributed by atoms with van der Waals surface area (Å²) in [5, 5.41) is 0.170. The summed E-state index contributed by atoms with van der Waals surface area (Å²) in [4.78, 5) is 15.4. The van der Waals surface area contributed by atoms with Crippen LogP contribution < -0.4 is 5.73 Å². The molecule has 0 aliphatic carbocycles. The molecule has 0 saturated heterocycles. The average molecular weight is 241 g/mol. The number of nitrogens with two attached hydrogens (primary N) is 1. The third-order valence-corrected chi connectivity index (χ3v) is 2.18. The predicted octanol–water partition coefficient (Wildman–Crippen LogP) is 2.22. The number of carbonyl (C=O) groups excluding carboxylic acids is 1. The lowest BCUT2D eigenvalue weighted by atomic mass is 10.0. The summed E-state index contributed by atoms with van der Waals surface area (Å²) in [7, 11) is 1.28. The molecule has 0 unspecified atom stereocenters. The van der Waals surface area contributed by atoms with E-state index in [1.54, 1.807) is 0 Å². The molecule has 0 saturated carbocycles. The fourth-order valence-corrected chi connectivity index (χ4v) is 1.51. The topological polar surface area (TPSA) is 65.2 Å². The lowest BCUT2D eigenvalue weighted by Crippen LogP contribution is -2.11. The number of hydrogen-bond donors (Lipinski definition) is 1. The molecule has 0 amide bonds. The van der Waals surface area contributed by atoms with Crippen molar-refractivity contribution < 1.29 is 9.53 Å². The summed E-state index contributed by atoms with van der Waals surface area (Å²) in [5.41, 5.74) is 7.83. The van der Waals surface area contributed by atoms with Crippen molar-refractivity contribution in [3.63, 3.8) is 0 Å².